The lowest BCUT2D eigenvalue weighted by molar-refractivity contribution is -0.172. The fourth-order valence-corrected chi connectivity index (χ4v) is 5.51. The fraction of sp³-hybridized carbons (Fsp3) is 0.792. The van der Waals surface area contributed by atoms with Gasteiger partial charge in [-0.2, -0.15) is 5.10 Å². The van der Waals surface area contributed by atoms with Crippen LogP contribution in [0.1, 0.15) is 72.0 Å². The predicted molar refractivity (Wildman–Crippen MR) is 118 cm³/mol. The number of epoxide rings is 2. The molecule has 1 saturated carbocycles. The van der Waals surface area contributed by atoms with Gasteiger partial charge in [0.25, 0.3) is 0 Å². The van der Waals surface area contributed by atoms with Gasteiger partial charge in [-0.05, 0) is 46.0 Å². The minimum absolute atomic E-state index is 0.0253. The van der Waals surface area contributed by atoms with Crippen molar-refractivity contribution in [3.63, 3.8) is 0 Å². The Hall–Kier alpha value is -1.77. The molecule has 1 aromatic rings. The van der Waals surface area contributed by atoms with Crippen molar-refractivity contribution in [2.45, 2.75) is 95.7 Å². The van der Waals surface area contributed by atoms with E-state index in [4.69, 9.17) is 18.9 Å². The van der Waals surface area contributed by atoms with Crippen molar-refractivity contribution in [1.82, 2.24) is 15.2 Å². The molecule has 1 N–H and O–H groups in total. The number of nitrogens with zero attached hydrogens (tertiary/aromatic N) is 2. The van der Waals surface area contributed by atoms with E-state index in [-0.39, 0.29) is 59.7 Å². The number of hydrogen-bond acceptors (Lipinski definition) is 7. The van der Waals surface area contributed by atoms with E-state index in [1.165, 1.54) is 11.9 Å². The van der Waals surface area contributed by atoms with Gasteiger partial charge in [0.05, 0.1) is 25.0 Å². The Balaban J connectivity index is 1.46. The number of ether oxygens (including phenoxy) is 4. The van der Waals surface area contributed by atoms with Crippen molar-refractivity contribution in [2.75, 3.05) is 13.7 Å². The highest BCUT2D eigenvalue weighted by atomic mass is 16.6. The number of aromatic amines is 1. The molecule has 4 rings (SSSR count). The Kier molecular flexibility index (Phi) is 6.49. The van der Waals surface area contributed by atoms with Gasteiger partial charge >= 0.3 is 5.97 Å². The second-order valence-electron chi connectivity index (χ2n) is 10.3. The minimum Gasteiger partial charge on any atom is -0.460 e. The summed E-state index contributed by atoms with van der Waals surface area (Å²) in [5, 5.41) is 6.83. The van der Waals surface area contributed by atoms with Gasteiger partial charge in [0.2, 0.25) is 0 Å². The topological polar surface area (TPSA) is 102 Å². The zero-order valence-corrected chi connectivity index (χ0v) is 20.1. The highest BCUT2D eigenvalue weighted by Crippen LogP contribution is 2.59. The summed E-state index contributed by atoms with van der Waals surface area (Å²) in [6.07, 6.45) is 5.94. The second-order valence-corrected chi connectivity index (χ2v) is 10.3. The van der Waals surface area contributed by atoms with Crippen molar-refractivity contribution >= 4 is 5.97 Å². The average Bonchev–Trinajstić information content (AvgIpc) is 3.57. The first kappa shape index (κ1) is 23.4. The van der Waals surface area contributed by atoms with E-state index in [1.54, 1.807) is 7.11 Å². The predicted octanol–water partition coefficient (Wildman–Crippen LogP) is 3.55. The van der Waals surface area contributed by atoms with Crippen LogP contribution in [0.25, 0.3) is 0 Å². The Morgan fingerprint density at radius 1 is 1.41 bits per heavy atom. The molecule has 2 aliphatic heterocycles. The second kappa shape index (κ2) is 8.88. The molecule has 0 bridgehead atoms. The maximum atomic E-state index is 13.0. The third-order valence-electron chi connectivity index (χ3n) is 7.50. The summed E-state index contributed by atoms with van der Waals surface area (Å²) in [6.45, 7) is 11.2. The van der Waals surface area contributed by atoms with E-state index in [0.717, 1.165) is 19.3 Å². The average molecular weight is 448 g/mol. The van der Waals surface area contributed by atoms with Crippen molar-refractivity contribution in [3.05, 3.63) is 23.8 Å². The molecule has 7 atom stereocenters. The lowest BCUT2D eigenvalue weighted by Crippen LogP contribution is -2.55. The molecule has 2 saturated heterocycles. The van der Waals surface area contributed by atoms with Gasteiger partial charge in [0, 0.05) is 13.0 Å². The largest absolute Gasteiger partial charge is 0.460 e. The third kappa shape index (κ3) is 4.50. The smallest absolute Gasteiger partial charge is 0.306 e. The molecule has 0 aromatic carbocycles. The Morgan fingerprint density at radius 3 is 2.72 bits per heavy atom. The van der Waals surface area contributed by atoms with Gasteiger partial charge in [-0.1, -0.05) is 25.5 Å². The first-order valence-electron chi connectivity index (χ1n) is 11.7. The first-order chi connectivity index (χ1) is 15.2. The van der Waals surface area contributed by atoms with Gasteiger partial charge in [-0.15, -0.1) is 0 Å². The molecule has 1 spiro atoms. The number of carbonyl (C=O) groups is 1. The molecule has 1 aliphatic carbocycles. The molecule has 8 nitrogen and oxygen atoms in total. The summed E-state index contributed by atoms with van der Waals surface area (Å²) in [7, 11) is 1.70. The van der Waals surface area contributed by atoms with Gasteiger partial charge < -0.3 is 18.9 Å². The lowest BCUT2D eigenvalue weighted by Gasteiger charge is -2.42. The summed E-state index contributed by atoms with van der Waals surface area (Å²) in [5.41, 5.74) is 0.720. The van der Waals surface area contributed by atoms with Crippen LogP contribution in [-0.2, 0) is 23.7 Å². The number of H-pyrrole nitrogens is 1. The number of nitrogens with one attached hydrogen (secondary N) is 1. The zero-order valence-electron chi connectivity index (χ0n) is 20.1. The minimum atomic E-state index is -0.339. The number of esters is 1. The van der Waals surface area contributed by atoms with E-state index in [2.05, 4.69) is 55.9 Å². The van der Waals surface area contributed by atoms with Crippen LogP contribution in [0.2, 0.25) is 0 Å². The molecular weight excluding hydrogens is 410 g/mol. The summed E-state index contributed by atoms with van der Waals surface area (Å²) in [6, 6.07) is 0. The normalized spacial score (nSPS) is 36.7. The third-order valence-corrected chi connectivity index (χ3v) is 7.50. The Bertz CT molecular complexity index is 831. The monoisotopic (exact) mass is 447 g/mol. The Morgan fingerprint density at radius 2 is 2.16 bits per heavy atom. The van der Waals surface area contributed by atoms with E-state index >= 15 is 0 Å². The number of aromatic nitrogens is 3. The lowest BCUT2D eigenvalue weighted by atomic mass is 9.68. The molecule has 8 heteroatoms. The standard InChI is InChI=1S/C24H37N3O5/c1-14(2)7-8-18-23(5,32-18)21-20(29-6)17(9-10-24(21)12-30-24)31-19(28)11-16(15(3)4)22-25-13-26-27-22/h7,13,15-18,20-21H,8-12H2,1-6H3,(H,25,26,27)/t16-,17+,18+,20+,21+,23-,24-/m0/s1. The highest BCUT2D eigenvalue weighted by Gasteiger charge is 2.72. The fourth-order valence-electron chi connectivity index (χ4n) is 5.51. The van der Waals surface area contributed by atoms with Crippen LogP contribution in [0.15, 0.2) is 18.0 Å². The van der Waals surface area contributed by atoms with E-state index < -0.39 is 0 Å². The SMILES string of the molecule is CO[C@@H]1[C@H](OC(=O)C[C@H](c2ncn[nH]2)C(C)C)CC[C@]2(CO2)[C@H]1[C@@]1(C)O[C@@H]1CC=C(C)C. The van der Waals surface area contributed by atoms with Crippen LogP contribution < -0.4 is 0 Å². The number of hydrogen-bond donors (Lipinski definition) is 1. The molecule has 0 amide bonds. The van der Waals surface area contributed by atoms with Crippen LogP contribution in [0.3, 0.4) is 0 Å². The van der Waals surface area contributed by atoms with Crippen molar-refractivity contribution in [1.29, 1.82) is 0 Å². The maximum Gasteiger partial charge on any atom is 0.306 e. The van der Waals surface area contributed by atoms with E-state index in [0.29, 0.717) is 12.4 Å². The molecule has 178 valence electrons. The van der Waals surface area contributed by atoms with Crippen molar-refractivity contribution in [2.24, 2.45) is 11.8 Å². The van der Waals surface area contributed by atoms with Crippen LogP contribution in [0, 0.1) is 11.8 Å². The number of carbonyl (C=O) groups excluding carboxylic acids is 1. The Labute approximate surface area is 190 Å². The van der Waals surface area contributed by atoms with E-state index in [1.807, 2.05) is 0 Å². The summed E-state index contributed by atoms with van der Waals surface area (Å²) >= 11 is 0. The quantitative estimate of drug-likeness (QED) is 0.351. The van der Waals surface area contributed by atoms with Crippen molar-refractivity contribution < 1.29 is 23.7 Å². The number of allylic oxidation sites excluding steroid dienone is 1. The molecule has 3 fully saturated rings. The van der Waals surface area contributed by atoms with Crippen LogP contribution in [0.5, 0.6) is 0 Å². The van der Waals surface area contributed by atoms with Crippen LogP contribution >= 0.6 is 0 Å². The highest BCUT2D eigenvalue weighted by molar-refractivity contribution is 5.70. The van der Waals surface area contributed by atoms with Gasteiger partial charge in [-0.3, -0.25) is 9.89 Å². The van der Waals surface area contributed by atoms with Gasteiger partial charge in [0.1, 0.15) is 35.6 Å². The maximum absolute atomic E-state index is 13.0. The number of methoxy groups -OCH3 is 1. The molecule has 1 aromatic heterocycles. The first-order valence-corrected chi connectivity index (χ1v) is 11.7. The summed E-state index contributed by atoms with van der Waals surface area (Å²) in [5.74, 6) is 0.665. The van der Waals surface area contributed by atoms with Crippen molar-refractivity contribution in [3.8, 4) is 0 Å². The molecular formula is C24H37N3O5. The van der Waals surface area contributed by atoms with Gasteiger partial charge in [0.15, 0.2) is 0 Å². The zero-order chi connectivity index (χ0) is 23.1. The van der Waals surface area contributed by atoms with Crippen LogP contribution in [0.4, 0.5) is 0 Å². The molecule has 0 unspecified atom stereocenters. The van der Waals surface area contributed by atoms with Gasteiger partial charge in [-0.25, -0.2) is 4.98 Å². The molecule has 32 heavy (non-hydrogen) atoms. The molecule has 3 aliphatic rings. The number of rotatable bonds is 9. The summed E-state index contributed by atoms with van der Waals surface area (Å²) in [4.78, 5) is 17.2. The molecule has 3 heterocycles. The van der Waals surface area contributed by atoms with Crippen LogP contribution in [-0.4, -0.2) is 64.4 Å². The summed E-state index contributed by atoms with van der Waals surface area (Å²) < 4.78 is 24.2. The van der Waals surface area contributed by atoms with E-state index in [9.17, 15) is 4.79 Å². The molecule has 0 radical (unpaired) electrons.